The van der Waals surface area contributed by atoms with Crippen LogP contribution in [0.25, 0.3) is 0 Å². The van der Waals surface area contributed by atoms with E-state index in [9.17, 15) is 9.59 Å². The van der Waals surface area contributed by atoms with Gasteiger partial charge < -0.3 is 24.6 Å². The fourth-order valence-electron chi connectivity index (χ4n) is 13.9. The molecule has 4 aliphatic carbocycles. The van der Waals surface area contributed by atoms with E-state index in [2.05, 4.69) is 49.7 Å². The zero-order valence-electron chi connectivity index (χ0n) is 31.6. The molecule has 4 aliphatic heterocycles. The lowest BCUT2D eigenvalue weighted by Crippen LogP contribution is -2.56. The highest BCUT2D eigenvalue weighted by atomic mass is 16.7. The van der Waals surface area contributed by atoms with Gasteiger partial charge in [-0.15, -0.1) is 0 Å². The predicted octanol–water partition coefficient (Wildman–Crippen LogP) is 5.94. The topological polar surface area (TPSA) is 74.4 Å². The van der Waals surface area contributed by atoms with Gasteiger partial charge >= 0.3 is 0 Å². The Morgan fingerprint density at radius 1 is 0.816 bits per heavy atom. The molecule has 1 spiro atoms. The monoisotopic (exact) mass is 681 g/mol. The maximum atomic E-state index is 13.2. The number of nitrogens with zero attached hydrogens (tertiary/aromatic N) is 3. The highest BCUT2D eigenvalue weighted by Gasteiger charge is 2.69. The Labute approximate surface area is 297 Å². The second-order valence-corrected chi connectivity index (χ2v) is 19.0. The number of piperazine rings is 1. The third kappa shape index (κ3) is 6.02. The van der Waals surface area contributed by atoms with Gasteiger partial charge in [-0.3, -0.25) is 14.5 Å². The maximum absolute atomic E-state index is 13.2. The van der Waals surface area contributed by atoms with Crippen LogP contribution >= 0.6 is 0 Å². The van der Waals surface area contributed by atoms with Gasteiger partial charge in [-0.1, -0.05) is 34.6 Å². The van der Waals surface area contributed by atoms with Crippen LogP contribution in [0.3, 0.4) is 0 Å². The number of carbonyl (C=O) groups is 2. The fourth-order valence-corrected chi connectivity index (χ4v) is 13.9. The molecule has 276 valence electrons. The van der Waals surface area contributed by atoms with Crippen molar-refractivity contribution in [2.45, 2.75) is 142 Å². The van der Waals surface area contributed by atoms with Crippen LogP contribution in [0, 0.1) is 52.3 Å². The number of nitrogens with one attached hydrogen (secondary N) is 1. The van der Waals surface area contributed by atoms with Crippen LogP contribution in [-0.2, 0) is 19.1 Å². The average Bonchev–Trinajstić information content (AvgIpc) is 3.55. The number of carbonyl (C=O) groups excluding carboxylic acids is 2. The van der Waals surface area contributed by atoms with Crippen LogP contribution in [-0.4, -0.2) is 103 Å². The Hall–Kier alpha value is -1.22. The minimum Gasteiger partial charge on any atom is -0.353 e. The molecule has 0 aromatic heterocycles. The lowest BCUT2D eigenvalue weighted by molar-refractivity contribution is -0.273. The third-order valence-electron chi connectivity index (χ3n) is 16.8. The van der Waals surface area contributed by atoms with Gasteiger partial charge in [-0.2, -0.15) is 0 Å². The number of hydrogen-bond acceptors (Lipinski definition) is 6. The van der Waals surface area contributed by atoms with Crippen molar-refractivity contribution in [2.24, 2.45) is 52.3 Å². The second-order valence-electron chi connectivity index (χ2n) is 19.0. The molecule has 8 nitrogen and oxygen atoms in total. The van der Waals surface area contributed by atoms with Crippen LogP contribution in [0.2, 0.25) is 0 Å². The lowest BCUT2D eigenvalue weighted by atomic mass is 9.44. The summed E-state index contributed by atoms with van der Waals surface area (Å²) >= 11 is 0. The van der Waals surface area contributed by atoms with Crippen LogP contribution in [0.1, 0.15) is 118 Å². The Balaban J connectivity index is 0.822. The quantitative estimate of drug-likeness (QED) is 0.363. The van der Waals surface area contributed by atoms with E-state index in [1.807, 2.05) is 4.90 Å². The van der Waals surface area contributed by atoms with Crippen molar-refractivity contribution < 1.29 is 19.1 Å². The van der Waals surface area contributed by atoms with Gasteiger partial charge in [-0.25, -0.2) is 0 Å². The van der Waals surface area contributed by atoms with E-state index in [1.165, 1.54) is 44.9 Å². The summed E-state index contributed by atoms with van der Waals surface area (Å²) in [5.41, 5.74) is 0.727. The zero-order valence-corrected chi connectivity index (χ0v) is 31.6. The summed E-state index contributed by atoms with van der Waals surface area (Å²) in [5.74, 6) is 4.41. The molecule has 0 bridgehead atoms. The molecule has 8 rings (SSSR count). The van der Waals surface area contributed by atoms with Gasteiger partial charge in [0.2, 0.25) is 11.8 Å². The first-order chi connectivity index (χ1) is 23.5. The summed E-state index contributed by atoms with van der Waals surface area (Å²) in [4.78, 5) is 33.5. The first-order valence-electron chi connectivity index (χ1n) is 20.9. The molecule has 0 aromatic rings. The number of amides is 2. The molecule has 2 amide bonds. The SMILES string of the molecule is CCN1CCN(C2CCN(C(=O)CC(=O)N[C@@H]3CC[C@]4(C)C5CC[C@]6(C)[C@@H]7[C@H](C[C@H]6[C@@H]5CC[C@@H]4C3)O[C@]3(CC[C@H](C)CO3)[C@H]7C)CC2)CC1. The number of ether oxygens (including phenoxy) is 2. The molecule has 8 fully saturated rings. The summed E-state index contributed by atoms with van der Waals surface area (Å²) in [7, 11) is 0. The molecule has 0 aromatic carbocycles. The molecule has 4 saturated heterocycles. The van der Waals surface area contributed by atoms with Gasteiger partial charge in [0.25, 0.3) is 0 Å². The lowest BCUT2D eigenvalue weighted by Gasteiger charge is -2.61. The van der Waals surface area contributed by atoms with Crippen molar-refractivity contribution in [3.05, 3.63) is 0 Å². The Morgan fingerprint density at radius 2 is 1.57 bits per heavy atom. The van der Waals surface area contributed by atoms with Crippen molar-refractivity contribution in [1.29, 1.82) is 0 Å². The second kappa shape index (κ2) is 13.3. The minimum absolute atomic E-state index is 0.0113. The molecule has 49 heavy (non-hydrogen) atoms. The van der Waals surface area contributed by atoms with E-state index in [0.29, 0.717) is 46.6 Å². The number of likely N-dealkylation sites (tertiary alicyclic amines) is 1. The molecular formula is C41H68N4O4. The molecular weight excluding hydrogens is 612 g/mol. The van der Waals surface area contributed by atoms with Gasteiger partial charge in [-0.05, 0) is 124 Å². The first kappa shape index (κ1) is 34.8. The van der Waals surface area contributed by atoms with E-state index < -0.39 is 0 Å². The molecule has 4 saturated carbocycles. The van der Waals surface area contributed by atoms with Gasteiger partial charge in [0.1, 0.15) is 6.42 Å². The van der Waals surface area contributed by atoms with Crippen LogP contribution < -0.4 is 5.32 Å². The number of fused-ring (bicyclic) bond motifs is 7. The summed E-state index contributed by atoms with van der Waals surface area (Å²) in [6.07, 6.45) is 14.6. The summed E-state index contributed by atoms with van der Waals surface area (Å²) in [5, 5.41) is 3.36. The van der Waals surface area contributed by atoms with Crippen LogP contribution in [0.15, 0.2) is 0 Å². The van der Waals surface area contributed by atoms with E-state index in [0.717, 1.165) is 102 Å². The summed E-state index contributed by atoms with van der Waals surface area (Å²) in [6.45, 7) is 20.4. The van der Waals surface area contributed by atoms with Crippen molar-refractivity contribution in [3.8, 4) is 0 Å². The molecule has 12 atom stereocenters. The highest BCUT2D eigenvalue weighted by Crippen LogP contribution is 2.71. The largest absolute Gasteiger partial charge is 0.353 e. The third-order valence-corrected chi connectivity index (χ3v) is 16.8. The minimum atomic E-state index is -0.329. The number of hydrogen-bond donors (Lipinski definition) is 1. The predicted molar refractivity (Wildman–Crippen MR) is 192 cm³/mol. The van der Waals surface area contributed by atoms with Crippen molar-refractivity contribution >= 4 is 11.8 Å². The van der Waals surface area contributed by atoms with Gasteiger partial charge in [0.05, 0.1) is 12.7 Å². The van der Waals surface area contributed by atoms with Crippen LogP contribution in [0.5, 0.6) is 0 Å². The average molecular weight is 681 g/mol. The van der Waals surface area contributed by atoms with Crippen LogP contribution in [0.4, 0.5) is 0 Å². The van der Waals surface area contributed by atoms with Gasteiger partial charge in [0.15, 0.2) is 5.79 Å². The molecule has 1 unspecified atom stereocenters. The molecule has 4 heterocycles. The van der Waals surface area contributed by atoms with E-state index in [4.69, 9.17) is 9.47 Å². The zero-order chi connectivity index (χ0) is 34.1. The molecule has 8 heteroatoms. The maximum Gasteiger partial charge on any atom is 0.232 e. The number of rotatable bonds is 5. The number of piperidine rings is 1. The standard InChI is InChI=1S/C41H68N4O4/c1-6-43-19-21-44(22-20-43)31-12-17-45(18-13-31)37(47)25-36(46)42-30-10-14-39(4)29(23-30)7-8-32-33(39)11-15-40(5)34(32)24-35-38(40)28(3)41(49-35)16-9-27(2)26-48-41/h27-35,38H,6-26H2,1-5H3,(H,42,46)/t27-,28-,29+,30+,32+,33?,34-,35-,38-,39-,40-,41+/m0/s1. The Kier molecular flexibility index (Phi) is 9.47. The normalized spacial score (nSPS) is 47.7. The van der Waals surface area contributed by atoms with E-state index in [-0.39, 0.29) is 30.1 Å². The smallest absolute Gasteiger partial charge is 0.232 e. The van der Waals surface area contributed by atoms with E-state index >= 15 is 0 Å². The van der Waals surface area contributed by atoms with Crippen molar-refractivity contribution in [2.75, 3.05) is 52.4 Å². The first-order valence-corrected chi connectivity index (χ1v) is 20.9. The summed E-state index contributed by atoms with van der Waals surface area (Å²) < 4.78 is 13.6. The molecule has 0 radical (unpaired) electrons. The molecule has 1 N–H and O–H groups in total. The number of likely N-dealkylation sites (N-methyl/N-ethyl adjacent to an activating group) is 1. The van der Waals surface area contributed by atoms with Crippen molar-refractivity contribution in [3.63, 3.8) is 0 Å². The summed E-state index contributed by atoms with van der Waals surface area (Å²) in [6, 6.07) is 0.796. The van der Waals surface area contributed by atoms with Gasteiger partial charge in [0, 0.05) is 63.7 Å². The Morgan fingerprint density at radius 3 is 2.29 bits per heavy atom. The fraction of sp³-hybridized carbons (Fsp3) is 0.951. The van der Waals surface area contributed by atoms with Crippen molar-refractivity contribution in [1.82, 2.24) is 20.0 Å². The Bertz CT molecular complexity index is 1220. The highest BCUT2D eigenvalue weighted by molar-refractivity contribution is 5.97. The molecule has 8 aliphatic rings. The van der Waals surface area contributed by atoms with E-state index in [1.54, 1.807) is 0 Å².